The van der Waals surface area contributed by atoms with E-state index < -0.39 is 17.4 Å². The van der Waals surface area contributed by atoms with Gasteiger partial charge in [0.2, 0.25) is 10.6 Å². The topological polar surface area (TPSA) is 89.6 Å². The molecule has 0 saturated heterocycles. The van der Waals surface area contributed by atoms with Gasteiger partial charge in [-0.25, -0.2) is 13.9 Å². The summed E-state index contributed by atoms with van der Waals surface area (Å²) < 4.78 is 24.7. The fourth-order valence-electron chi connectivity index (χ4n) is 0.215. The molecule has 0 rings (SSSR count). The maximum absolute atomic E-state index is 10.4. The summed E-state index contributed by atoms with van der Waals surface area (Å²) in [5.41, 5.74) is 0. The first-order chi connectivity index (χ1) is 4.00. The molecule has 0 aliphatic rings. The molecule has 0 bridgehead atoms. The van der Waals surface area contributed by atoms with Gasteiger partial charge in [0.15, 0.2) is 0 Å². The van der Waals surface area contributed by atoms with Crippen LogP contribution >= 0.6 is 6.80 Å². The van der Waals surface area contributed by atoms with E-state index in [1.165, 1.54) is 6.92 Å². The number of hydrogen-bond donors (Lipinski definition) is 2. The highest BCUT2D eigenvalue weighted by molar-refractivity contribution is 8.44. The normalized spacial score (nSPS) is 20.8. The second-order valence-electron chi connectivity index (χ2n) is 1.16. The molecule has 0 aromatic rings. The molecule has 2 unspecified atom stereocenters. The Balaban J connectivity index is 4.04. The van der Waals surface area contributed by atoms with Crippen molar-refractivity contribution in [3.8, 4) is 0 Å². The predicted octanol–water partition coefficient (Wildman–Crippen LogP) is -0.254. The summed E-state index contributed by atoms with van der Waals surface area (Å²) in [6.45, 7) is -2.48. The molecule has 0 heterocycles. The van der Waals surface area contributed by atoms with Crippen LogP contribution in [-0.2, 0) is 19.7 Å². The van der Waals surface area contributed by atoms with Crippen LogP contribution in [-0.4, -0.2) is 15.7 Å². The Labute approximate surface area is 55.1 Å². The van der Waals surface area contributed by atoms with Crippen LogP contribution in [0.1, 0.15) is 6.92 Å². The van der Waals surface area contributed by atoms with Gasteiger partial charge in [-0.15, -0.1) is 0 Å². The molecule has 5 nitrogen and oxygen atoms in total. The fourth-order valence-corrected chi connectivity index (χ4v) is 1.27. The lowest BCUT2D eigenvalue weighted by Crippen LogP contribution is -2.05. The molecule has 0 aromatic heterocycles. The van der Waals surface area contributed by atoms with Gasteiger partial charge >= 0.3 is 6.80 Å². The minimum atomic E-state index is -4.01. The summed E-state index contributed by atoms with van der Waals surface area (Å²) in [4.78, 5) is 8.50. The third-order valence-electron chi connectivity index (χ3n) is 0.520. The molecule has 0 aliphatic carbocycles. The van der Waals surface area contributed by atoms with Crippen LogP contribution in [0.3, 0.4) is 0 Å². The quantitative estimate of drug-likeness (QED) is 0.575. The van der Waals surface area contributed by atoms with E-state index in [0.29, 0.717) is 0 Å². The van der Waals surface area contributed by atoms with E-state index in [2.05, 4.69) is 9.66 Å². The van der Waals surface area contributed by atoms with Crippen molar-refractivity contribution in [3.63, 3.8) is 0 Å². The van der Waals surface area contributed by atoms with Crippen molar-refractivity contribution in [2.45, 2.75) is 6.92 Å². The first-order valence-electron chi connectivity index (χ1n) is 2.15. The van der Waals surface area contributed by atoms with Crippen molar-refractivity contribution in [1.82, 2.24) is 0 Å². The van der Waals surface area contributed by atoms with Crippen LogP contribution in [0.5, 0.6) is 0 Å². The van der Waals surface area contributed by atoms with Crippen molar-refractivity contribution >= 4 is 17.4 Å². The Morgan fingerprint density at radius 3 is 2.44 bits per heavy atom. The van der Waals surface area contributed by atoms with Gasteiger partial charge in [0.25, 0.3) is 0 Å². The van der Waals surface area contributed by atoms with Crippen LogP contribution < -0.4 is 5.14 Å². The molecular formula is C2H8NO4PS. The summed E-state index contributed by atoms with van der Waals surface area (Å²) in [5, 5.41) is 4.59. The Morgan fingerprint density at radius 2 is 2.33 bits per heavy atom. The maximum Gasteiger partial charge on any atom is 0.430 e. The van der Waals surface area contributed by atoms with Crippen LogP contribution in [0, 0.1) is 0 Å². The lowest BCUT2D eigenvalue weighted by atomic mass is 10.9. The molecule has 0 spiro atoms. The number of rotatable bonds is 3. The molecule has 0 aromatic carbocycles. The van der Waals surface area contributed by atoms with E-state index in [0.717, 1.165) is 0 Å². The van der Waals surface area contributed by atoms with Crippen molar-refractivity contribution in [2.75, 3.05) is 6.61 Å². The number of hydrogen-bond acceptors (Lipinski definition) is 3. The highest BCUT2D eigenvalue weighted by Gasteiger charge is 2.24. The molecule has 0 aliphatic heterocycles. The Morgan fingerprint density at radius 1 is 1.89 bits per heavy atom. The highest BCUT2D eigenvalue weighted by Crippen LogP contribution is 2.43. The Hall–Kier alpha value is 0.260. The zero-order chi connectivity index (χ0) is 7.49. The molecular weight excluding hydrogens is 165 g/mol. The molecule has 3 N–H and O–H groups in total. The van der Waals surface area contributed by atoms with Gasteiger partial charge in [-0.2, -0.15) is 0 Å². The standard InChI is InChI=1S/C2H8NO4PS/c1-2-7-8(4,5)9(3)6/h2-3H2,1H3,(H,4,5). The molecule has 7 heteroatoms. The fraction of sp³-hybridized carbons (Fsp3) is 1.00. The first-order valence-corrected chi connectivity index (χ1v) is 5.54. The largest absolute Gasteiger partial charge is 0.430 e. The second-order valence-corrected chi connectivity index (χ2v) is 5.37. The molecule has 9 heavy (non-hydrogen) atoms. The lowest BCUT2D eigenvalue weighted by Gasteiger charge is -2.04. The molecule has 56 valence electrons. The SMILES string of the molecule is CCOP(=O)(O)S(N)=O. The van der Waals surface area contributed by atoms with Gasteiger partial charge in [0.1, 0.15) is 0 Å². The summed E-state index contributed by atoms with van der Waals surface area (Å²) in [6, 6.07) is 0. The Kier molecular flexibility index (Phi) is 3.53. The zero-order valence-electron chi connectivity index (χ0n) is 4.81. The van der Waals surface area contributed by atoms with E-state index in [4.69, 9.17) is 4.89 Å². The van der Waals surface area contributed by atoms with E-state index in [-0.39, 0.29) is 6.61 Å². The summed E-state index contributed by atoms with van der Waals surface area (Å²) >= 11 is 0. The smallest absolute Gasteiger partial charge is 0.314 e. The molecule has 0 saturated carbocycles. The third kappa shape index (κ3) is 3.07. The van der Waals surface area contributed by atoms with E-state index in [9.17, 15) is 8.77 Å². The molecule has 0 radical (unpaired) electrons. The lowest BCUT2D eigenvalue weighted by molar-refractivity contribution is 0.289. The van der Waals surface area contributed by atoms with Crippen molar-refractivity contribution in [3.05, 3.63) is 0 Å². The molecule has 0 fully saturated rings. The van der Waals surface area contributed by atoms with Gasteiger partial charge in [-0.3, -0.25) is 4.52 Å². The van der Waals surface area contributed by atoms with Gasteiger partial charge < -0.3 is 4.89 Å². The van der Waals surface area contributed by atoms with Crippen molar-refractivity contribution in [2.24, 2.45) is 5.14 Å². The van der Waals surface area contributed by atoms with E-state index >= 15 is 0 Å². The third-order valence-corrected chi connectivity index (χ3v) is 3.24. The summed E-state index contributed by atoms with van der Waals surface area (Å²) in [5.74, 6) is 0. The van der Waals surface area contributed by atoms with Gasteiger partial charge in [0, 0.05) is 0 Å². The average molecular weight is 173 g/mol. The van der Waals surface area contributed by atoms with Crippen molar-refractivity contribution < 1.29 is 18.2 Å². The number of nitrogens with two attached hydrogens (primary N) is 1. The predicted molar refractivity (Wildman–Crippen MR) is 33.8 cm³/mol. The monoisotopic (exact) mass is 173 g/mol. The second kappa shape index (κ2) is 3.43. The average Bonchev–Trinajstić information content (AvgIpc) is 1.65. The van der Waals surface area contributed by atoms with Crippen molar-refractivity contribution in [1.29, 1.82) is 0 Å². The van der Waals surface area contributed by atoms with Gasteiger partial charge in [-0.05, 0) is 6.92 Å². The van der Waals surface area contributed by atoms with Gasteiger partial charge in [0.05, 0.1) is 6.61 Å². The first kappa shape index (κ1) is 9.26. The van der Waals surface area contributed by atoms with E-state index in [1.807, 2.05) is 0 Å². The van der Waals surface area contributed by atoms with Crippen LogP contribution in [0.4, 0.5) is 0 Å². The zero-order valence-corrected chi connectivity index (χ0v) is 6.52. The van der Waals surface area contributed by atoms with Crippen LogP contribution in [0.2, 0.25) is 0 Å². The molecule has 2 atom stereocenters. The van der Waals surface area contributed by atoms with E-state index in [1.54, 1.807) is 0 Å². The Bertz CT molecular complexity index is 159. The minimum absolute atomic E-state index is 0.0245. The van der Waals surface area contributed by atoms with Crippen LogP contribution in [0.25, 0.3) is 0 Å². The highest BCUT2D eigenvalue weighted by atomic mass is 32.8. The minimum Gasteiger partial charge on any atom is -0.314 e. The summed E-state index contributed by atoms with van der Waals surface area (Å²) in [6.07, 6.45) is 0. The van der Waals surface area contributed by atoms with Crippen LogP contribution in [0.15, 0.2) is 0 Å². The molecule has 0 amide bonds. The maximum atomic E-state index is 10.4. The summed E-state index contributed by atoms with van der Waals surface area (Å²) in [7, 11) is -2.29. The van der Waals surface area contributed by atoms with Gasteiger partial charge in [-0.1, -0.05) is 0 Å².